The molecular weight excluding hydrogens is 594 g/mol. The van der Waals surface area contributed by atoms with Crippen LogP contribution in [-0.4, -0.2) is 71.9 Å². The van der Waals surface area contributed by atoms with E-state index < -0.39 is 18.2 Å². The molecule has 1 saturated heterocycles. The van der Waals surface area contributed by atoms with Crippen LogP contribution in [0.2, 0.25) is 0 Å². The van der Waals surface area contributed by atoms with Gasteiger partial charge in [0.1, 0.15) is 0 Å². The minimum absolute atomic E-state index is 0.0543. The summed E-state index contributed by atoms with van der Waals surface area (Å²) in [4.78, 5) is 30.5. The molecule has 5 aromatic rings. The number of aliphatic hydroxyl groups excluding tert-OH is 1. The van der Waals surface area contributed by atoms with Crippen LogP contribution in [-0.2, 0) is 30.7 Å². The molecule has 0 aliphatic carbocycles. The van der Waals surface area contributed by atoms with Crippen molar-refractivity contribution in [2.24, 2.45) is 10.9 Å². The number of nitrogens with zero attached hydrogens (tertiary/aromatic N) is 5. The van der Waals surface area contributed by atoms with Crippen LogP contribution in [0.25, 0.3) is 10.9 Å². The highest BCUT2D eigenvalue weighted by Crippen LogP contribution is 2.27. The summed E-state index contributed by atoms with van der Waals surface area (Å²) in [5.74, 6) is -0.318. The van der Waals surface area contributed by atoms with Crippen LogP contribution in [0.4, 0.5) is 4.79 Å². The summed E-state index contributed by atoms with van der Waals surface area (Å²) in [6.07, 6.45) is 1.67. The van der Waals surface area contributed by atoms with Gasteiger partial charge in [0.05, 0.1) is 36.9 Å². The topological polar surface area (TPSA) is 151 Å². The Morgan fingerprint density at radius 1 is 0.894 bits per heavy atom. The Morgan fingerprint density at radius 3 is 2.34 bits per heavy atom. The second kappa shape index (κ2) is 14.2. The summed E-state index contributed by atoms with van der Waals surface area (Å²) in [5, 5.41) is 35.1. The van der Waals surface area contributed by atoms with Crippen molar-refractivity contribution in [2.45, 2.75) is 44.5 Å². The van der Waals surface area contributed by atoms with Gasteiger partial charge in [0, 0.05) is 23.9 Å². The third-order valence-corrected chi connectivity index (χ3v) is 8.53. The monoisotopic (exact) mass is 631 g/mol. The third kappa shape index (κ3) is 7.26. The number of amidine groups is 1. The van der Waals surface area contributed by atoms with E-state index in [0.29, 0.717) is 18.4 Å². The zero-order chi connectivity index (χ0) is 32.8. The number of β-amino-alcohol motifs (C(OH)–C–C–N with tert-alkyl or cyclic N) is 1. The van der Waals surface area contributed by atoms with Crippen LogP contribution in [0.1, 0.15) is 34.2 Å². The lowest BCUT2D eigenvalue weighted by atomic mass is 9.98. The number of urea groups is 1. The van der Waals surface area contributed by atoms with Crippen LogP contribution in [0.15, 0.2) is 114 Å². The molecule has 47 heavy (non-hydrogen) atoms. The van der Waals surface area contributed by atoms with Crippen molar-refractivity contribution in [3.05, 3.63) is 137 Å². The number of aromatic nitrogens is 2. The van der Waals surface area contributed by atoms with E-state index in [1.807, 2.05) is 84.9 Å². The third-order valence-electron chi connectivity index (χ3n) is 8.53. The van der Waals surface area contributed by atoms with Gasteiger partial charge in [0.25, 0.3) is 0 Å². The predicted octanol–water partition coefficient (Wildman–Crippen LogP) is 4.44. The SMILES string of the molecule is N/C(=N/O)c1cccc(CN2C(=O)N(Cc3ccc4[nH]ncc4c3)N(C(=O)CCc3ccccc3)C[C@@H](O)[C@H]2Cc2ccccc2)c1. The van der Waals surface area contributed by atoms with Gasteiger partial charge >= 0.3 is 6.03 Å². The van der Waals surface area contributed by atoms with Crippen LogP contribution < -0.4 is 5.73 Å². The Bertz CT molecular complexity index is 1860. The Morgan fingerprint density at radius 2 is 1.60 bits per heavy atom. The van der Waals surface area contributed by atoms with Gasteiger partial charge in [-0.3, -0.25) is 9.89 Å². The number of aromatic amines is 1. The number of carbonyl (C=O) groups excluding carboxylic acids is 2. The quantitative estimate of drug-likeness (QED) is 0.0774. The summed E-state index contributed by atoms with van der Waals surface area (Å²) < 4.78 is 0. The highest BCUT2D eigenvalue weighted by molar-refractivity contribution is 5.97. The Hall–Kier alpha value is -5.68. The number of rotatable bonds is 10. The van der Waals surface area contributed by atoms with Crippen LogP contribution in [0, 0.1) is 0 Å². The van der Waals surface area contributed by atoms with E-state index in [1.54, 1.807) is 29.3 Å². The van der Waals surface area contributed by atoms with Crippen molar-refractivity contribution in [1.29, 1.82) is 0 Å². The molecule has 1 aromatic heterocycles. The van der Waals surface area contributed by atoms with Gasteiger partial charge in [0.2, 0.25) is 5.91 Å². The largest absolute Gasteiger partial charge is 0.409 e. The molecule has 1 aliphatic heterocycles. The van der Waals surface area contributed by atoms with E-state index >= 15 is 0 Å². The number of hydrazine groups is 1. The molecule has 0 saturated carbocycles. The minimum Gasteiger partial charge on any atom is -0.409 e. The van der Waals surface area contributed by atoms with E-state index in [9.17, 15) is 19.9 Å². The molecule has 1 fully saturated rings. The van der Waals surface area contributed by atoms with Crippen molar-refractivity contribution >= 4 is 28.7 Å². The fourth-order valence-corrected chi connectivity index (χ4v) is 6.05. The first-order valence-corrected chi connectivity index (χ1v) is 15.5. The standard InChI is InChI=1S/C36H37N7O4/c37-35(40-47)29-13-7-12-27(18-29)22-41-32(20-26-10-5-2-6-11-26)33(44)24-42(34(45)17-15-25-8-3-1-4-9-25)43(36(41)46)23-28-14-16-31-30(19-28)21-38-39-31/h1-14,16,18-19,21,32-33,44,47H,15,17,20,22-24H2,(H2,37,40)(H,38,39)/t32-,33-/m1/s1. The first-order chi connectivity index (χ1) is 22.9. The second-order valence-corrected chi connectivity index (χ2v) is 11.7. The molecule has 4 aromatic carbocycles. The fourth-order valence-electron chi connectivity index (χ4n) is 6.05. The first kappa shape index (κ1) is 31.3. The summed E-state index contributed by atoms with van der Waals surface area (Å²) >= 11 is 0. The van der Waals surface area contributed by atoms with Crippen LogP contribution >= 0.6 is 0 Å². The summed E-state index contributed by atoms with van der Waals surface area (Å²) in [5.41, 5.74) is 10.7. The number of H-pyrrole nitrogens is 1. The zero-order valence-corrected chi connectivity index (χ0v) is 25.8. The van der Waals surface area contributed by atoms with Crippen LogP contribution in [0.5, 0.6) is 0 Å². The zero-order valence-electron chi connectivity index (χ0n) is 25.8. The molecule has 5 N–H and O–H groups in total. The highest BCUT2D eigenvalue weighted by Gasteiger charge is 2.41. The fraction of sp³-hybridized carbons (Fsp3) is 0.222. The maximum atomic E-state index is 14.8. The van der Waals surface area contributed by atoms with Crippen molar-refractivity contribution in [2.75, 3.05) is 6.54 Å². The molecule has 3 amide bonds. The van der Waals surface area contributed by atoms with Crippen molar-refractivity contribution in [1.82, 2.24) is 25.1 Å². The second-order valence-electron chi connectivity index (χ2n) is 11.7. The van der Waals surface area contributed by atoms with Crippen LogP contribution in [0.3, 0.4) is 0 Å². The average Bonchev–Trinajstić information content (AvgIpc) is 3.55. The van der Waals surface area contributed by atoms with Crippen molar-refractivity contribution in [3.63, 3.8) is 0 Å². The first-order valence-electron chi connectivity index (χ1n) is 15.5. The van der Waals surface area contributed by atoms with E-state index in [-0.39, 0.29) is 37.8 Å². The number of amides is 3. The average molecular weight is 632 g/mol. The predicted molar refractivity (Wildman–Crippen MR) is 178 cm³/mol. The van der Waals surface area contributed by atoms with E-state index in [0.717, 1.165) is 33.2 Å². The highest BCUT2D eigenvalue weighted by atomic mass is 16.4. The normalized spacial score (nSPS) is 17.3. The number of nitrogens with one attached hydrogen (secondary N) is 1. The van der Waals surface area contributed by atoms with E-state index in [1.165, 1.54) is 10.0 Å². The lowest BCUT2D eigenvalue weighted by Crippen LogP contribution is -2.52. The molecule has 240 valence electrons. The molecule has 11 nitrogen and oxygen atoms in total. The Balaban J connectivity index is 1.39. The number of hydrogen-bond donors (Lipinski definition) is 4. The number of carbonyl (C=O) groups is 2. The maximum absolute atomic E-state index is 14.8. The molecule has 0 radical (unpaired) electrons. The van der Waals surface area contributed by atoms with Crippen molar-refractivity contribution < 1.29 is 19.9 Å². The number of aliphatic hydroxyl groups is 1. The van der Waals surface area contributed by atoms with E-state index in [2.05, 4.69) is 15.4 Å². The van der Waals surface area contributed by atoms with Gasteiger partial charge in [-0.15, -0.1) is 0 Å². The lowest BCUT2D eigenvalue weighted by molar-refractivity contribution is -0.147. The number of nitrogens with two attached hydrogens (primary N) is 1. The summed E-state index contributed by atoms with van der Waals surface area (Å²) in [6, 6.07) is 31.1. The molecule has 1 aliphatic rings. The lowest BCUT2D eigenvalue weighted by Gasteiger charge is -2.36. The summed E-state index contributed by atoms with van der Waals surface area (Å²) in [6.45, 7) is 0.150. The van der Waals surface area contributed by atoms with Crippen molar-refractivity contribution in [3.8, 4) is 0 Å². The van der Waals surface area contributed by atoms with E-state index in [4.69, 9.17) is 5.73 Å². The molecule has 0 unspecified atom stereocenters. The number of aryl methyl sites for hydroxylation is 1. The molecule has 6 rings (SSSR count). The van der Waals surface area contributed by atoms with Gasteiger partial charge in [0.15, 0.2) is 5.84 Å². The molecule has 0 spiro atoms. The molecule has 11 heteroatoms. The van der Waals surface area contributed by atoms with Gasteiger partial charge in [-0.25, -0.2) is 14.8 Å². The van der Waals surface area contributed by atoms with Gasteiger partial charge in [-0.1, -0.05) is 90.1 Å². The summed E-state index contributed by atoms with van der Waals surface area (Å²) in [7, 11) is 0. The number of benzene rings is 4. The number of oxime groups is 1. The molecular formula is C36H37N7O4. The number of hydrogen-bond acceptors (Lipinski definition) is 6. The minimum atomic E-state index is -1.06. The van der Waals surface area contributed by atoms with Gasteiger partial charge in [-0.05, 0) is 53.3 Å². The maximum Gasteiger partial charge on any atom is 0.339 e. The molecule has 0 bridgehead atoms. The smallest absolute Gasteiger partial charge is 0.339 e. The molecule has 2 atom stereocenters. The van der Waals surface area contributed by atoms with Gasteiger partial charge < -0.3 is 20.9 Å². The Labute approximate surface area is 272 Å². The Kier molecular flexibility index (Phi) is 9.44. The molecule has 2 heterocycles. The van der Waals surface area contributed by atoms with Gasteiger partial charge in [-0.2, -0.15) is 5.10 Å². The number of fused-ring (bicyclic) bond motifs is 1.